The van der Waals surface area contributed by atoms with E-state index in [1.165, 1.54) is 6.33 Å². The standard InChI is InChI=1S/C23H25N5O2/c24-19-10-2-1-7-16(19)17-8-4-9-18(23(25)30)22(17)28-21-12-20(26-13-27-21)14-5-3-6-15(29)11-14/h3-6,8-9,11-13,16,19,29H,1-2,7,10,24H2,(H2,25,30)(H,26,27,28)/t16-,19-/m1/s1. The predicted octanol–water partition coefficient (Wildman–Crippen LogP) is 3.68. The number of aromatic hydroxyl groups is 1. The minimum absolute atomic E-state index is 0.0377. The van der Waals surface area contributed by atoms with E-state index in [4.69, 9.17) is 11.5 Å². The van der Waals surface area contributed by atoms with E-state index in [9.17, 15) is 9.90 Å². The molecule has 1 saturated carbocycles. The summed E-state index contributed by atoms with van der Waals surface area (Å²) in [5.74, 6) is 0.329. The number of primary amides is 1. The van der Waals surface area contributed by atoms with Crippen molar-refractivity contribution in [2.45, 2.75) is 37.6 Å². The van der Waals surface area contributed by atoms with Gasteiger partial charge in [-0.2, -0.15) is 0 Å². The zero-order valence-corrected chi connectivity index (χ0v) is 16.6. The molecule has 1 fully saturated rings. The van der Waals surface area contributed by atoms with Crippen molar-refractivity contribution in [3.05, 3.63) is 66.0 Å². The zero-order chi connectivity index (χ0) is 21.1. The monoisotopic (exact) mass is 403 g/mol. The van der Waals surface area contributed by atoms with Crippen molar-refractivity contribution in [2.75, 3.05) is 5.32 Å². The molecule has 0 saturated heterocycles. The zero-order valence-electron chi connectivity index (χ0n) is 16.6. The first-order valence-corrected chi connectivity index (χ1v) is 10.1. The minimum Gasteiger partial charge on any atom is -0.508 e. The molecule has 3 aromatic rings. The lowest BCUT2D eigenvalue weighted by Gasteiger charge is -2.31. The molecule has 7 nitrogen and oxygen atoms in total. The second-order valence-corrected chi connectivity index (χ2v) is 7.65. The van der Waals surface area contributed by atoms with Crippen LogP contribution in [0.4, 0.5) is 11.5 Å². The number of aromatic nitrogens is 2. The Morgan fingerprint density at radius 1 is 1.07 bits per heavy atom. The molecule has 0 radical (unpaired) electrons. The summed E-state index contributed by atoms with van der Waals surface area (Å²) in [6, 6.07) is 14.2. The Kier molecular flexibility index (Phi) is 5.63. The van der Waals surface area contributed by atoms with Crippen LogP contribution >= 0.6 is 0 Å². The van der Waals surface area contributed by atoms with Crippen LogP contribution in [-0.2, 0) is 0 Å². The molecular formula is C23H25N5O2. The van der Waals surface area contributed by atoms with Crippen LogP contribution in [0.5, 0.6) is 5.75 Å². The molecule has 1 aliphatic carbocycles. The molecule has 7 heteroatoms. The lowest BCUT2D eigenvalue weighted by atomic mass is 9.79. The van der Waals surface area contributed by atoms with Crippen molar-refractivity contribution in [2.24, 2.45) is 11.5 Å². The number of amides is 1. The number of phenolic OH excluding ortho intramolecular Hbond substituents is 1. The number of anilines is 2. The minimum atomic E-state index is -0.508. The number of phenols is 1. The summed E-state index contributed by atoms with van der Waals surface area (Å²) in [6.07, 6.45) is 5.60. The van der Waals surface area contributed by atoms with Gasteiger partial charge in [0.15, 0.2) is 0 Å². The number of carbonyl (C=O) groups is 1. The van der Waals surface area contributed by atoms with E-state index in [0.717, 1.165) is 36.8 Å². The normalized spacial score (nSPS) is 18.7. The number of para-hydroxylation sites is 1. The second kappa shape index (κ2) is 8.51. The number of benzene rings is 2. The third kappa shape index (κ3) is 4.11. The Balaban J connectivity index is 1.74. The Hall–Kier alpha value is -3.45. The number of nitrogens with two attached hydrogens (primary N) is 2. The van der Waals surface area contributed by atoms with Crippen LogP contribution in [0.3, 0.4) is 0 Å². The van der Waals surface area contributed by atoms with Crippen LogP contribution in [-0.4, -0.2) is 27.0 Å². The van der Waals surface area contributed by atoms with Crippen LogP contribution in [0.2, 0.25) is 0 Å². The number of carbonyl (C=O) groups excluding carboxylic acids is 1. The lowest BCUT2D eigenvalue weighted by Crippen LogP contribution is -2.32. The van der Waals surface area contributed by atoms with Gasteiger partial charge in [-0.3, -0.25) is 4.79 Å². The largest absolute Gasteiger partial charge is 0.508 e. The van der Waals surface area contributed by atoms with Gasteiger partial charge in [0.05, 0.1) is 16.9 Å². The molecule has 4 rings (SSSR count). The Labute approximate surface area is 175 Å². The van der Waals surface area contributed by atoms with E-state index >= 15 is 0 Å². The topological polar surface area (TPSA) is 127 Å². The fourth-order valence-electron chi connectivity index (χ4n) is 4.15. The molecule has 1 aromatic heterocycles. The molecule has 1 aliphatic rings. The molecule has 0 bridgehead atoms. The van der Waals surface area contributed by atoms with Gasteiger partial charge in [-0.25, -0.2) is 9.97 Å². The van der Waals surface area contributed by atoms with Crippen LogP contribution in [0.25, 0.3) is 11.3 Å². The highest BCUT2D eigenvalue weighted by atomic mass is 16.3. The van der Waals surface area contributed by atoms with Crippen LogP contribution in [0, 0.1) is 0 Å². The van der Waals surface area contributed by atoms with Crippen molar-refractivity contribution < 1.29 is 9.90 Å². The Bertz CT molecular complexity index is 1070. The van der Waals surface area contributed by atoms with Gasteiger partial charge >= 0.3 is 0 Å². The fraction of sp³-hybridized carbons (Fsp3) is 0.261. The van der Waals surface area contributed by atoms with Crippen LogP contribution < -0.4 is 16.8 Å². The van der Waals surface area contributed by atoms with Crippen molar-refractivity contribution in [3.63, 3.8) is 0 Å². The van der Waals surface area contributed by atoms with Crippen LogP contribution in [0.1, 0.15) is 47.5 Å². The van der Waals surface area contributed by atoms with Gasteiger partial charge in [0.1, 0.15) is 17.9 Å². The maximum absolute atomic E-state index is 12.1. The van der Waals surface area contributed by atoms with E-state index in [1.54, 1.807) is 30.3 Å². The summed E-state index contributed by atoms with van der Waals surface area (Å²) in [5.41, 5.74) is 15.5. The van der Waals surface area contributed by atoms with Gasteiger partial charge in [0.25, 0.3) is 5.91 Å². The predicted molar refractivity (Wildman–Crippen MR) is 117 cm³/mol. The molecule has 1 heterocycles. The molecule has 0 aliphatic heterocycles. The van der Waals surface area contributed by atoms with Crippen LogP contribution in [0.15, 0.2) is 54.9 Å². The summed E-state index contributed by atoms with van der Waals surface area (Å²) in [5, 5.41) is 13.1. The highest BCUT2D eigenvalue weighted by Crippen LogP contribution is 2.38. The third-order valence-electron chi connectivity index (χ3n) is 5.64. The second-order valence-electron chi connectivity index (χ2n) is 7.65. The Morgan fingerprint density at radius 2 is 1.87 bits per heavy atom. The SMILES string of the molecule is NC(=O)c1cccc([C@H]2CCCC[C@H]2N)c1Nc1cc(-c2cccc(O)c2)ncn1. The molecule has 154 valence electrons. The first-order chi connectivity index (χ1) is 14.5. The number of nitrogens with one attached hydrogen (secondary N) is 1. The maximum Gasteiger partial charge on any atom is 0.250 e. The molecule has 30 heavy (non-hydrogen) atoms. The van der Waals surface area contributed by atoms with Gasteiger partial charge in [0.2, 0.25) is 0 Å². The van der Waals surface area contributed by atoms with Crippen molar-refractivity contribution in [1.82, 2.24) is 9.97 Å². The first-order valence-electron chi connectivity index (χ1n) is 10.1. The molecule has 0 unspecified atom stereocenters. The number of rotatable bonds is 5. The lowest BCUT2D eigenvalue weighted by molar-refractivity contribution is 0.100. The van der Waals surface area contributed by atoms with E-state index < -0.39 is 5.91 Å². The maximum atomic E-state index is 12.1. The fourth-order valence-corrected chi connectivity index (χ4v) is 4.15. The quantitative estimate of drug-likeness (QED) is 0.515. The molecule has 0 spiro atoms. The first kappa shape index (κ1) is 19.8. The smallest absolute Gasteiger partial charge is 0.250 e. The van der Waals surface area contributed by atoms with E-state index in [-0.39, 0.29) is 17.7 Å². The molecule has 1 amide bonds. The number of hydrogen-bond donors (Lipinski definition) is 4. The van der Waals surface area contributed by atoms with Crippen molar-refractivity contribution in [3.8, 4) is 17.0 Å². The summed E-state index contributed by atoms with van der Waals surface area (Å²) in [4.78, 5) is 20.8. The summed E-state index contributed by atoms with van der Waals surface area (Å²) in [7, 11) is 0. The number of hydrogen-bond acceptors (Lipinski definition) is 6. The van der Waals surface area contributed by atoms with Gasteiger partial charge in [0, 0.05) is 23.6 Å². The average molecular weight is 403 g/mol. The molecule has 2 aromatic carbocycles. The van der Waals surface area contributed by atoms with Gasteiger partial charge in [-0.05, 0) is 36.6 Å². The summed E-state index contributed by atoms with van der Waals surface area (Å²) < 4.78 is 0. The highest BCUT2D eigenvalue weighted by molar-refractivity contribution is 6.00. The molecule has 2 atom stereocenters. The van der Waals surface area contributed by atoms with Crippen molar-refractivity contribution in [1.29, 1.82) is 0 Å². The Morgan fingerprint density at radius 3 is 2.63 bits per heavy atom. The van der Waals surface area contributed by atoms with E-state index in [2.05, 4.69) is 15.3 Å². The molecular weight excluding hydrogens is 378 g/mol. The average Bonchev–Trinajstić information content (AvgIpc) is 2.74. The van der Waals surface area contributed by atoms with Gasteiger partial charge in [-0.15, -0.1) is 0 Å². The summed E-state index contributed by atoms with van der Waals surface area (Å²) >= 11 is 0. The van der Waals surface area contributed by atoms with Gasteiger partial charge in [-0.1, -0.05) is 37.1 Å². The molecule has 6 N–H and O–H groups in total. The van der Waals surface area contributed by atoms with E-state index in [0.29, 0.717) is 22.8 Å². The summed E-state index contributed by atoms with van der Waals surface area (Å²) in [6.45, 7) is 0. The highest BCUT2D eigenvalue weighted by Gasteiger charge is 2.27. The third-order valence-corrected chi connectivity index (χ3v) is 5.64. The van der Waals surface area contributed by atoms with Crippen molar-refractivity contribution >= 4 is 17.4 Å². The number of nitrogens with zero attached hydrogens (tertiary/aromatic N) is 2. The van der Waals surface area contributed by atoms with Gasteiger partial charge < -0.3 is 21.9 Å². The van der Waals surface area contributed by atoms with E-state index in [1.807, 2.05) is 18.2 Å².